The van der Waals surface area contributed by atoms with Gasteiger partial charge in [0.25, 0.3) is 5.91 Å². The van der Waals surface area contributed by atoms with Crippen molar-refractivity contribution in [1.29, 1.82) is 0 Å². The first-order valence-electron chi connectivity index (χ1n) is 4.51. The van der Waals surface area contributed by atoms with Crippen LogP contribution < -0.4 is 5.32 Å². The number of carbonyl (C=O) groups is 1. The normalized spacial score (nSPS) is 10.2. The van der Waals surface area contributed by atoms with E-state index < -0.39 is 0 Å². The number of hydrogen-bond acceptors (Lipinski definition) is 3. The van der Waals surface area contributed by atoms with Gasteiger partial charge in [0.1, 0.15) is 11.4 Å². The van der Waals surface area contributed by atoms with E-state index in [0.717, 1.165) is 10.8 Å². The molecule has 1 amide bonds. The van der Waals surface area contributed by atoms with Crippen molar-refractivity contribution in [3.63, 3.8) is 0 Å². The topological polar surface area (TPSA) is 62.2 Å². The zero-order valence-corrected chi connectivity index (χ0v) is 8.19. The first-order chi connectivity index (χ1) is 7.20. The monoisotopic (exact) mass is 202 g/mol. The van der Waals surface area contributed by atoms with Crippen molar-refractivity contribution in [1.82, 2.24) is 10.3 Å². The molecule has 0 aliphatic heterocycles. The highest BCUT2D eigenvalue weighted by Gasteiger charge is 2.05. The summed E-state index contributed by atoms with van der Waals surface area (Å²) in [5, 5.41) is 13.5. The second kappa shape index (κ2) is 3.57. The highest BCUT2D eigenvalue weighted by atomic mass is 16.3. The number of nitrogens with zero attached hydrogens (tertiary/aromatic N) is 1. The molecule has 0 spiro atoms. The number of aromatic nitrogens is 1. The molecule has 4 heteroatoms. The molecule has 0 aliphatic carbocycles. The average Bonchev–Trinajstić information content (AvgIpc) is 2.27. The molecule has 15 heavy (non-hydrogen) atoms. The van der Waals surface area contributed by atoms with Crippen LogP contribution in [0.25, 0.3) is 10.8 Å². The fourth-order valence-electron chi connectivity index (χ4n) is 1.38. The van der Waals surface area contributed by atoms with E-state index in [1.54, 1.807) is 37.5 Å². The van der Waals surface area contributed by atoms with E-state index in [-0.39, 0.29) is 11.7 Å². The van der Waals surface area contributed by atoms with Gasteiger partial charge in [-0.3, -0.25) is 9.78 Å². The number of rotatable bonds is 1. The van der Waals surface area contributed by atoms with Gasteiger partial charge >= 0.3 is 0 Å². The summed E-state index contributed by atoms with van der Waals surface area (Å²) in [6.45, 7) is 0. The Balaban J connectivity index is 2.59. The van der Waals surface area contributed by atoms with Crippen LogP contribution in [0.3, 0.4) is 0 Å². The Hall–Kier alpha value is -2.10. The summed E-state index contributed by atoms with van der Waals surface area (Å²) in [6, 6.07) is 6.59. The zero-order valence-electron chi connectivity index (χ0n) is 8.19. The van der Waals surface area contributed by atoms with E-state index in [1.807, 2.05) is 0 Å². The lowest BCUT2D eigenvalue weighted by Crippen LogP contribution is -2.18. The minimum Gasteiger partial charge on any atom is -0.508 e. The maximum Gasteiger partial charge on any atom is 0.269 e. The quantitative estimate of drug-likeness (QED) is 0.732. The van der Waals surface area contributed by atoms with Crippen LogP contribution in [-0.4, -0.2) is 23.0 Å². The Kier molecular flexibility index (Phi) is 2.25. The molecule has 0 saturated carbocycles. The maximum atomic E-state index is 11.3. The summed E-state index contributed by atoms with van der Waals surface area (Å²) in [5.74, 6) is -0.0585. The minimum absolute atomic E-state index is 0.177. The Morgan fingerprint density at radius 2 is 2.13 bits per heavy atom. The van der Waals surface area contributed by atoms with Gasteiger partial charge in [-0.05, 0) is 29.7 Å². The Bertz CT molecular complexity index is 523. The van der Waals surface area contributed by atoms with Gasteiger partial charge in [-0.15, -0.1) is 0 Å². The number of fused-ring (bicyclic) bond motifs is 1. The van der Waals surface area contributed by atoms with Crippen LogP contribution in [0.1, 0.15) is 10.5 Å². The first-order valence-corrected chi connectivity index (χ1v) is 4.51. The summed E-state index contributed by atoms with van der Waals surface area (Å²) in [6.07, 6.45) is 1.61. The third-order valence-electron chi connectivity index (χ3n) is 2.17. The molecule has 1 aromatic heterocycles. The van der Waals surface area contributed by atoms with Crippen molar-refractivity contribution in [2.75, 3.05) is 7.05 Å². The number of nitrogens with one attached hydrogen (secondary N) is 1. The number of hydrogen-bond donors (Lipinski definition) is 2. The van der Waals surface area contributed by atoms with E-state index in [2.05, 4.69) is 10.3 Å². The summed E-state index contributed by atoms with van der Waals surface area (Å²) < 4.78 is 0. The number of phenolic OH excluding ortho intramolecular Hbond substituents is 1. The molecule has 0 unspecified atom stereocenters. The van der Waals surface area contributed by atoms with Gasteiger partial charge in [0.05, 0.1) is 0 Å². The minimum atomic E-state index is -0.236. The number of aromatic hydroxyl groups is 1. The van der Waals surface area contributed by atoms with Crippen molar-refractivity contribution in [2.45, 2.75) is 0 Å². The largest absolute Gasteiger partial charge is 0.508 e. The van der Waals surface area contributed by atoms with Gasteiger partial charge in [0.2, 0.25) is 0 Å². The van der Waals surface area contributed by atoms with Crippen LogP contribution >= 0.6 is 0 Å². The predicted octanol–water partition coefficient (Wildman–Crippen LogP) is 1.30. The molecule has 0 aliphatic rings. The second-order valence-electron chi connectivity index (χ2n) is 3.18. The van der Waals surface area contributed by atoms with E-state index in [1.165, 1.54) is 0 Å². The molecule has 0 saturated heterocycles. The molecule has 0 radical (unpaired) electrons. The number of amides is 1. The van der Waals surface area contributed by atoms with E-state index in [4.69, 9.17) is 0 Å². The van der Waals surface area contributed by atoms with Gasteiger partial charge < -0.3 is 10.4 Å². The zero-order chi connectivity index (χ0) is 10.8. The number of phenols is 1. The summed E-state index contributed by atoms with van der Waals surface area (Å²) in [7, 11) is 1.55. The molecule has 4 nitrogen and oxygen atoms in total. The lowest BCUT2D eigenvalue weighted by atomic mass is 10.1. The molecule has 1 aromatic carbocycles. The van der Waals surface area contributed by atoms with Crippen molar-refractivity contribution < 1.29 is 9.90 Å². The predicted molar refractivity (Wildman–Crippen MR) is 56.8 cm³/mol. The molecule has 0 bridgehead atoms. The second-order valence-corrected chi connectivity index (χ2v) is 3.18. The molecule has 76 valence electrons. The van der Waals surface area contributed by atoms with Crippen LogP contribution in [0.5, 0.6) is 5.75 Å². The number of carbonyl (C=O) groups excluding carboxylic acids is 1. The molecular formula is C11H10N2O2. The van der Waals surface area contributed by atoms with Gasteiger partial charge in [0.15, 0.2) is 0 Å². The molecule has 1 heterocycles. The number of pyridine rings is 1. The third-order valence-corrected chi connectivity index (χ3v) is 2.17. The average molecular weight is 202 g/mol. The van der Waals surface area contributed by atoms with Crippen LogP contribution in [0.2, 0.25) is 0 Å². The van der Waals surface area contributed by atoms with Crippen LogP contribution in [-0.2, 0) is 0 Å². The summed E-state index contributed by atoms with van der Waals surface area (Å²) in [5.41, 5.74) is 0.343. The van der Waals surface area contributed by atoms with Crippen LogP contribution in [0, 0.1) is 0 Å². The Morgan fingerprint density at radius 1 is 1.33 bits per heavy atom. The molecule has 0 fully saturated rings. The van der Waals surface area contributed by atoms with Crippen molar-refractivity contribution >= 4 is 16.7 Å². The van der Waals surface area contributed by atoms with Crippen LogP contribution in [0.15, 0.2) is 30.5 Å². The highest BCUT2D eigenvalue weighted by molar-refractivity contribution is 5.96. The van der Waals surface area contributed by atoms with Gasteiger partial charge in [0, 0.05) is 18.6 Å². The van der Waals surface area contributed by atoms with E-state index in [9.17, 15) is 9.90 Å². The summed E-state index contributed by atoms with van der Waals surface area (Å²) >= 11 is 0. The molecular weight excluding hydrogens is 192 g/mol. The first kappa shape index (κ1) is 9.45. The maximum absolute atomic E-state index is 11.3. The molecule has 2 N–H and O–H groups in total. The lowest BCUT2D eigenvalue weighted by molar-refractivity contribution is 0.0958. The van der Waals surface area contributed by atoms with Crippen molar-refractivity contribution in [2.24, 2.45) is 0 Å². The fourth-order valence-corrected chi connectivity index (χ4v) is 1.38. The molecule has 2 rings (SSSR count). The number of benzene rings is 1. The Morgan fingerprint density at radius 3 is 2.87 bits per heavy atom. The SMILES string of the molecule is CNC(=O)c1cc2cc(O)ccc2cn1. The Labute approximate surface area is 86.6 Å². The van der Waals surface area contributed by atoms with Crippen molar-refractivity contribution in [3.05, 3.63) is 36.2 Å². The smallest absolute Gasteiger partial charge is 0.269 e. The standard InChI is InChI=1S/C11H10N2O2/c1-12-11(15)10-5-8-4-9(14)3-2-7(8)6-13-10/h2-6,14H,1H3,(H,12,15). The van der Waals surface area contributed by atoms with Crippen LogP contribution in [0.4, 0.5) is 0 Å². The van der Waals surface area contributed by atoms with Gasteiger partial charge in [-0.1, -0.05) is 0 Å². The molecule has 2 aromatic rings. The molecule has 0 atom stereocenters. The van der Waals surface area contributed by atoms with Gasteiger partial charge in [-0.25, -0.2) is 0 Å². The van der Waals surface area contributed by atoms with Crippen molar-refractivity contribution in [3.8, 4) is 5.75 Å². The van der Waals surface area contributed by atoms with E-state index in [0.29, 0.717) is 5.69 Å². The highest BCUT2D eigenvalue weighted by Crippen LogP contribution is 2.19. The van der Waals surface area contributed by atoms with Gasteiger partial charge in [-0.2, -0.15) is 0 Å². The fraction of sp³-hybridized carbons (Fsp3) is 0.0909. The summed E-state index contributed by atoms with van der Waals surface area (Å²) in [4.78, 5) is 15.3. The van der Waals surface area contributed by atoms with E-state index >= 15 is 0 Å². The lowest BCUT2D eigenvalue weighted by Gasteiger charge is -2.01. The third kappa shape index (κ3) is 1.74.